The van der Waals surface area contributed by atoms with Crippen molar-refractivity contribution in [3.63, 3.8) is 0 Å². The van der Waals surface area contributed by atoms with Crippen LogP contribution in [0.2, 0.25) is 0 Å². The first kappa shape index (κ1) is 14.8. The van der Waals surface area contributed by atoms with Crippen molar-refractivity contribution in [1.29, 1.82) is 0 Å². The van der Waals surface area contributed by atoms with Crippen LogP contribution in [-0.4, -0.2) is 40.0 Å². The number of carbonyl (C=O) groups excluding carboxylic acids is 1. The van der Waals surface area contributed by atoms with E-state index in [1.807, 2.05) is 24.3 Å². The van der Waals surface area contributed by atoms with Gasteiger partial charge in [0.15, 0.2) is 0 Å². The number of ether oxygens (including phenoxy) is 1. The standard InChI is InChI=1S/C13H18N2O4S/c1-3-10-4-6-11(7-5-10)15-9-12(19-13(15)16)8-14-20(2,17)18/h4-7,12,14H,3,8-9H2,1-2H3. The summed E-state index contributed by atoms with van der Waals surface area (Å²) in [6.45, 7) is 2.49. The van der Waals surface area contributed by atoms with Gasteiger partial charge in [-0.1, -0.05) is 19.1 Å². The van der Waals surface area contributed by atoms with Gasteiger partial charge in [-0.15, -0.1) is 0 Å². The Morgan fingerprint density at radius 3 is 2.55 bits per heavy atom. The zero-order valence-corrected chi connectivity index (χ0v) is 12.3. The van der Waals surface area contributed by atoms with Gasteiger partial charge in [0, 0.05) is 12.2 Å². The third-order valence-electron chi connectivity index (χ3n) is 3.10. The molecule has 0 saturated carbocycles. The van der Waals surface area contributed by atoms with Crippen LogP contribution >= 0.6 is 0 Å². The largest absolute Gasteiger partial charge is 0.443 e. The summed E-state index contributed by atoms with van der Waals surface area (Å²) in [5.74, 6) is 0. The summed E-state index contributed by atoms with van der Waals surface area (Å²) in [5.41, 5.74) is 1.95. The number of benzene rings is 1. The minimum absolute atomic E-state index is 0.0914. The second-order valence-corrected chi connectivity index (χ2v) is 6.59. The fraction of sp³-hybridized carbons (Fsp3) is 0.462. The molecule has 1 heterocycles. The molecule has 0 radical (unpaired) electrons. The van der Waals surface area contributed by atoms with E-state index in [4.69, 9.17) is 4.74 Å². The number of sulfonamides is 1. The molecule has 1 aromatic rings. The molecule has 1 N–H and O–H groups in total. The highest BCUT2D eigenvalue weighted by Gasteiger charge is 2.32. The monoisotopic (exact) mass is 298 g/mol. The maximum Gasteiger partial charge on any atom is 0.414 e. The van der Waals surface area contributed by atoms with Gasteiger partial charge in [-0.3, -0.25) is 4.90 Å². The quantitative estimate of drug-likeness (QED) is 0.884. The number of nitrogens with zero attached hydrogens (tertiary/aromatic N) is 1. The molecule has 0 aliphatic carbocycles. The van der Waals surface area contributed by atoms with Gasteiger partial charge in [0.2, 0.25) is 10.0 Å². The Morgan fingerprint density at radius 2 is 2.00 bits per heavy atom. The van der Waals surface area contributed by atoms with E-state index < -0.39 is 22.2 Å². The highest BCUT2D eigenvalue weighted by atomic mass is 32.2. The van der Waals surface area contributed by atoms with Crippen molar-refractivity contribution in [2.24, 2.45) is 0 Å². The first-order valence-corrected chi connectivity index (χ1v) is 8.30. The Morgan fingerprint density at radius 1 is 1.35 bits per heavy atom. The van der Waals surface area contributed by atoms with Crippen LogP contribution in [0.1, 0.15) is 12.5 Å². The molecule has 1 saturated heterocycles. The number of carbonyl (C=O) groups is 1. The molecule has 110 valence electrons. The normalized spacial score (nSPS) is 19.2. The Balaban J connectivity index is 2.01. The number of aryl methyl sites for hydroxylation is 1. The van der Waals surface area contributed by atoms with Crippen molar-refractivity contribution in [3.8, 4) is 0 Å². The van der Waals surface area contributed by atoms with Crippen LogP contribution < -0.4 is 9.62 Å². The van der Waals surface area contributed by atoms with Crippen molar-refractivity contribution < 1.29 is 17.9 Å². The van der Waals surface area contributed by atoms with Crippen molar-refractivity contribution in [1.82, 2.24) is 4.72 Å². The van der Waals surface area contributed by atoms with Gasteiger partial charge < -0.3 is 4.74 Å². The molecule has 1 unspecified atom stereocenters. The number of amides is 1. The minimum atomic E-state index is -3.28. The molecular weight excluding hydrogens is 280 g/mol. The molecule has 1 fully saturated rings. The molecular formula is C13H18N2O4S. The first-order chi connectivity index (χ1) is 9.39. The molecule has 7 heteroatoms. The van der Waals surface area contributed by atoms with Crippen LogP contribution in [0, 0.1) is 0 Å². The lowest BCUT2D eigenvalue weighted by atomic mass is 10.1. The molecule has 1 atom stereocenters. The summed E-state index contributed by atoms with van der Waals surface area (Å²) in [6, 6.07) is 7.66. The third kappa shape index (κ3) is 3.71. The molecule has 0 aromatic heterocycles. The fourth-order valence-electron chi connectivity index (χ4n) is 1.99. The van der Waals surface area contributed by atoms with E-state index in [-0.39, 0.29) is 6.54 Å². The van der Waals surface area contributed by atoms with Gasteiger partial charge in [0.05, 0.1) is 12.8 Å². The van der Waals surface area contributed by atoms with Gasteiger partial charge >= 0.3 is 6.09 Å². The average molecular weight is 298 g/mol. The molecule has 0 spiro atoms. The minimum Gasteiger partial charge on any atom is -0.443 e. The van der Waals surface area contributed by atoms with Crippen LogP contribution in [-0.2, 0) is 21.2 Å². The summed E-state index contributed by atoms with van der Waals surface area (Å²) in [7, 11) is -3.28. The highest BCUT2D eigenvalue weighted by Crippen LogP contribution is 2.22. The summed E-state index contributed by atoms with van der Waals surface area (Å²) < 4.78 is 29.5. The number of hydrogen-bond acceptors (Lipinski definition) is 4. The Kier molecular flexibility index (Phi) is 4.29. The van der Waals surface area contributed by atoms with Gasteiger partial charge in [0.25, 0.3) is 0 Å². The smallest absolute Gasteiger partial charge is 0.414 e. The van der Waals surface area contributed by atoms with Crippen LogP contribution in [0.3, 0.4) is 0 Å². The van der Waals surface area contributed by atoms with Crippen LogP contribution in [0.4, 0.5) is 10.5 Å². The predicted molar refractivity (Wildman–Crippen MR) is 76.3 cm³/mol. The topological polar surface area (TPSA) is 75.7 Å². The van der Waals surface area contributed by atoms with E-state index in [2.05, 4.69) is 11.6 Å². The highest BCUT2D eigenvalue weighted by molar-refractivity contribution is 7.88. The number of anilines is 1. The second kappa shape index (κ2) is 5.80. The summed E-state index contributed by atoms with van der Waals surface area (Å²) in [5, 5.41) is 0. The molecule has 1 aliphatic heterocycles. The average Bonchev–Trinajstić information content (AvgIpc) is 2.77. The lowest BCUT2D eigenvalue weighted by Crippen LogP contribution is -2.33. The van der Waals surface area contributed by atoms with Crippen molar-refractivity contribution in [3.05, 3.63) is 29.8 Å². The maximum atomic E-state index is 11.8. The summed E-state index contributed by atoms with van der Waals surface area (Å²) in [4.78, 5) is 13.3. The van der Waals surface area contributed by atoms with Gasteiger partial charge in [-0.05, 0) is 24.1 Å². The fourth-order valence-corrected chi connectivity index (χ4v) is 2.48. The number of rotatable bonds is 5. The SMILES string of the molecule is CCc1ccc(N2CC(CNS(C)(=O)=O)OC2=O)cc1. The van der Waals surface area contributed by atoms with Gasteiger partial charge in [-0.2, -0.15) is 0 Å². The van der Waals surface area contributed by atoms with E-state index in [0.29, 0.717) is 6.54 Å². The van der Waals surface area contributed by atoms with E-state index in [1.54, 1.807) is 0 Å². The van der Waals surface area contributed by atoms with Gasteiger partial charge in [-0.25, -0.2) is 17.9 Å². The van der Waals surface area contributed by atoms with Crippen molar-refractivity contribution in [2.75, 3.05) is 24.2 Å². The van der Waals surface area contributed by atoms with Crippen molar-refractivity contribution >= 4 is 21.8 Å². The zero-order chi connectivity index (χ0) is 14.8. The van der Waals surface area contributed by atoms with E-state index >= 15 is 0 Å². The first-order valence-electron chi connectivity index (χ1n) is 6.41. The molecule has 6 nitrogen and oxygen atoms in total. The van der Waals surface area contributed by atoms with Crippen LogP contribution in [0.25, 0.3) is 0 Å². The molecule has 0 bridgehead atoms. The lowest BCUT2D eigenvalue weighted by Gasteiger charge is -2.13. The van der Waals surface area contributed by atoms with E-state index in [1.165, 1.54) is 10.5 Å². The number of hydrogen-bond donors (Lipinski definition) is 1. The third-order valence-corrected chi connectivity index (χ3v) is 3.79. The molecule has 1 amide bonds. The molecule has 2 rings (SSSR count). The van der Waals surface area contributed by atoms with Crippen LogP contribution in [0.5, 0.6) is 0 Å². The Hall–Kier alpha value is -1.60. The zero-order valence-electron chi connectivity index (χ0n) is 11.5. The number of cyclic esters (lactones) is 1. The molecule has 1 aliphatic rings. The Labute approximate surface area is 118 Å². The van der Waals surface area contributed by atoms with Crippen LogP contribution in [0.15, 0.2) is 24.3 Å². The predicted octanol–water partition coefficient (Wildman–Crippen LogP) is 1.12. The van der Waals surface area contributed by atoms with E-state index in [9.17, 15) is 13.2 Å². The Bertz CT molecular complexity index is 583. The summed E-state index contributed by atoms with van der Waals surface area (Å²) >= 11 is 0. The summed E-state index contributed by atoms with van der Waals surface area (Å²) in [6.07, 6.45) is 1.09. The molecule has 20 heavy (non-hydrogen) atoms. The van der Waals surface area contributed by atoms with Crippen molar-refractivity contribution in [2.45, 2.75) is 19.4 Å². The number of nitrogens with one attached hydrogen (secondary N) is 1. The van der Waals surface area contributed by atoms with E-state index in [0.717, 1.165) is 18.4 Å². The lowest BCUT2D eigenvalue weighted by molar-refractivity contribution is 0.143. The second-order valence-electron chi connectivity index (χ2n) is 4.76. The maximum absolute atomic E-state index is 11.8. The molecule has 1 aromatic carbocycles. The van der Waals surface area contributed by atoms with Gasteiger partial charge in [0.1, 0.15) is 6.10 Å².